The highest BCUT2D eigenvalue weighted by atomic mass is 16.5. The van der Waals surface area contributed by atoms with Crippen molar-refractivity contribution in [1.82, 2.24) is 5.32 Å². The largest absolute Gasteiger partial charge is 0.497 e. The number of hydrogen-bond acceptors (Lipinski definition) is 3. The van der Waals surface area contributed by atoms with Gasteiger partial charge in [0.1, 0.15) is 5.75 Å². The predicted molar refractivity (Wildman–Crippen MR) is 90.8 cm³/mol. The van der Waals surface area contributed by atoms with E-state index in [4.69, 9.17) is 9.47 Å². The molecule has 1 atom stereocenters. The third-order valence-corrected chi connectivity index (χ3v) is 3.60. The maximum Gasteiger partial charge on any atom is 0.251 e. The monoisotopic (exact) mass is 313 g/mol. The Kier molecular flexibility index (Phi) is 6.63. The average molecular weight is 313 g/mol. The molecule has 0 saturated heterocycles. The Morgan fingerprint density at radius 1 is 1.09 bits per heavy atom. The Bertz CT molecular complexity index is 596. The van der Waals surface area contributed by atoms with Gasteiger partial charge in [0, 0.05) is 18.7 Å². The smallest absolute Gasteiger partial charge is 0.251 e. The number of amides is 1. The van der Waals surface area contributed by atoms with Crippen LogP contribution < -0.4 is 10.1 Å². The van der Waals surface area contributed by atoms with Crippen molar-refractivity contribution in [3.63, 3.8) is 0 Å². The van der Waals surface area contributed by atoms with Gasteiger partial charge in [-0.25, -0.2) is 0 Å². The van der Waals surface area contributed by atoms with Gasteiger partial charge in [0.15, 0.2) is 0 Å². The van der Waals surface area contributed by atoms with Gasteiger partial charge in [-0.1, -0.05) is 30.3 Å². The van der Waals surface area contributed by atoms with Crippen molar-refractivity contribution in [3.8, 4) is 5.75 Å². The van der Waals surface area contributed by atoms with Crippen LogP contribution in [0.3, 0.4) is 0 Å². The summed E-state index contributed by atoms with van der Waals surface area (Å²) in [7, 11) is 1.60. The van der Waals surface area contributed by atoms with Crippen molar-refractivity contribution < 1.29 is 14.3 Å². The zero-order valence-electron chi connectivity index (χ0n) is 13.6. The lowest BCUT2D eigenvalue weighted by molar-refractivity contribution is 0.0635. The summed E-state index contributed by atoms with van der Waals surface area (Å²) in [6, 6.07) is 17.2. The SMILES string of the molecule is COc1ccc(C(=O)NCCCOC(C)c2ccccc2)cc1. The molecule has 0 saturated carbocycles. The van der Waals surface area contributed by atoms with Crippen molar-refractivity contribution in [2.75, 3.05) is 20.3 Å². The van der Waals surface area contributed by atoms with E-state index in [1.807, 2.05) is 25.1 Å². The first kappa shape index (κ1) is 17.0. The second-order valence-corrected chi connectivity index (χ2v) is 5.26. The molecule has 2 aromatic rings. The fourth-order valence-electron chi connectivity index (χ4n) is 2.20. The Labute approximate surface area is 137 Å². The van der Waals surface area contributed by atoms with Crippen LogP contribution in [0, 0.1) is 0 Å². The first-order valence-corrected chi connectivity index (χ1v) is 7.79. The number of benzene rings is 2. The van der Waals surface area contributed by atoms with Crippen LogP contribution in [0.2, 0.25) is 0 Å². The molecule has 2 rings (SSSR count). The number of carbonyl (C=O) groups excluding carboxylic acids is 1. The number of hydrogen-bond donors (Lipinski definition) is 1. The van der Waals surface area contributed by atoms with Crippen LogP contribution in [0.4, 0.5) is 0 Å². The lowest BCUT2D eigenvalue weighted by Gasteiger charge is -2.13. The summed E-state index contributed by atoms with van der Waals surface area (Å²) in [5, 5.41) is 2.89. The van der Waals surface area contributed by atoms with Crippen LogP contribution in [-0.2, 0) is 4.74 Å². The fourth-order valence-corrected chi connectivity index (χ4v) is 2.20. The number of ether oxygens (including phenoxy) is 2. The minimum atomic E-state index is -0.0799. The zero-order valence-corrected chi connectivity index (χ0v) is 13.6. The van der Waals surface area contributed by atoms with Gasteiger partial charge in [-0.2, -0.15) is 0 Å². The molecule has 1 amide bonds. The lowest BCUT2D eigenvalue weighted by atomic mass is 10.1. The Balaban J connectivity index is 1.65. The maximum absolute atomic E-state index is 12.0. The van der Waals surface area contributed by atoms with Crippen LogP contribution in [0.5, 0.6) is 5.75 Å². The summed E-state index contributed by atoms with van der Waals surface area (Å²) in [5.74, 6) is 0.661. The molecular weight excluding hydrogens is 290 g/mol. The van der Waals surface area contributed by atoms with E-state index in [9.17, 15) is 4.79 Å². The third kappa shape index (κ3) is 5.42. The van der Waals surface area contributed by atoms with E-state index in [1.165, 1.54) is 0 Å². The molecule has 0 bridgehead atoms. The molecule has 0 radical (unpaired) electrons. The Morgan fingerprint density at radius 3 is 2.43 bits per heavy atom. The second kappa shape index (κ2) is 8.96. The summed E-state index contributed by atoms with van der Waals surface area (Å²) in [6.07, 6.45) is 0.840. The van der Waals surface area contributed by atoms with E-state index in [-0.39, 0.29) is 12.0 Å². The minimum Gasteiger partial charge on any atom is -0.497 e. The lowest BCUT2D eigenvalue weighted by Crippen LogP contribution is -2.25. The Morgan fingerprint density at radius 2 is 1.78 bits per heavy atom. The highest BCUT2D eigenvalue weighted by molar-refractivity contribution is 5.94. The van der Waals surface area contributed by atoms with Crippen molar-refractivity contribution in [3.05, 3.63) is 65.7 Å². The molecule has 0 spiro atoms. The molecular formula is C19H23NO3. The minimum absolute atomic E-state index is 0.0634. The van der Waals surface area contributed by atoms with Gasteiger partial charge in [-0.3, -0.25) is 4.79 Å². The van der Waals surface area contributed by atoms with Crippen LogP contribution >= 0.6 is 0 Å². The molecule has 1 unspecified atom stereocenters. The van der Waals surface area contributed by atoms with Crippen LogP contribution in [0.1, 0.15) is 35.4 Å². The van der Waals surface area contributed by atoms with Gasteiger partial charge in [-0.05, 0) is 43.2 Å². The van der Waals surface area contributed by atoms with Gasteiger partial charge in [-0.15, -0.1) is 0 Å². The van der Waals surface area contributed by atoms with Crippen molar-refractivity contribution in [1.29, 1.82) is 0 Å². The number of rotatable bonds is 8. The average Bonchev–Trinajstić information content (AvgIpc) is 2.62. The molecule has 0 heterocycles. The van der Waals surface area contributed by atoms with E-state index in [0.29, 0.717) is 18.7 Å². The van der Waals surface area contributed by atoms with Crippen molar-refractivity contribution in [2.24, 2.45) is 0 Å². The molecule has 0 aliphatic rings. The number of carbonyl (C=O) groups is 1. The van der Waals surface area contributed by atoms with E-state index >= 15 is 0 Å². The summed E-state index contributed by atoms with van der Waals surface area (Å²) < 4.78 is 10.9. The predicted octanol–water partition coefficient (Wildman–Crippen LogP) is 3.59. The van der Waals surface area contributed by atoms with E-state index in [0.717, 1.165) is 17.7 Å². The van der Waals surface area contributed by atoms with Gasteiger partial charge in [0.25, 0.3) is 5.91 Å². The zero-order chi connectivity index (χ0) is 16.5. The van der Waals surface area contributed by atoms with Crippen LogP contribution in [0.25, 0.3) is 0 Å². The van der Waals surface area contributed by atoms with Gasteiger partial charge >= 0.3 is 0 Å². The molecule has 1 N–H and O–H groups in total. The van der Waals surface area contributed by atoms with Gasteiger partial charge < -0.3 is 14.8 Å². The normalized spacial score (nSPS) is 11.7. The van der Waals surface area contributed by atoms with Crippen LogP contribution in [0.15, 0.2) is 54.6 Å². The van der Waals surface area contributed by atoms with Crippen molar-refractivity contribution >= 4 is 5.91 Å². The van der Waals surface area contributed by atoms with E-state index in [1.54, 1.807) is 31.4 Å². The summed E-state index contributed by atoms with van der Waals surface area (Å²) in [4.78, 5) is 12.0. The van der Waals surface area contributed by atoms with Gasteiger partial charge in [0.2, 0.25) is 0 Å². The number of nitrogens with one attached hydrogen (secondary N) is 1. The molecule has 0 aromatic heterocycles. The standard InChI is InChI=1S/C19H23NO3/c1-15(16-7-4-3-5-8-16)23-14-6-13-20-19(21)17-9-11-18(22-2)12-10-17/h3-5,7-12,15H,6,13-14H2,1-2H3,(H,20,21). The molecule has 2 aromatic carbocycles. The molecule has 23 heavy (non-hydrogen) atoms. The maximum atomic E-state index is 12.0. The van der Waals surface area contributed by atoms with Crippen molar-refractivity contribution in [2.45, 2.75) is 19.4 Å². The topological polar surface area (TPSA) is 47.6 Å². The van der Waals surface area contributed by atoms with E-state index in [2.05, 4.69) is 17.4 Å². The molecule has 0 aliphatic heterocycles. The molecule has 0 aliphatic carbocycles. The molecule has 4 heteroatoms. The molecule has 0 fully saturated rings. The third-order valence-electron chi connectivity index (χ3n) is 3.60. The quantitative estimate of drug-likeness (QED) is 0.758. The summed E-state index contributed by atoms with van der Waals surface area (Å²) in [6.45, 7) is 3.23. The molecule has 122 valence electrons. The van der Waals surface area contributed by atoms with E-state index < -0.39 is 0 Å². The number of methoxy groups -OCH3 is 1. The highest BCUT2D eigenvalue weighted by Crippen LogP contribution is 2.15. The van der Waals surface area contributed by atoms with Crippen LogP contribution in [-0.4, -0.2) is 26.2 Å². The summed E-state index contributed by atoms with van der Waals surface area (Å²) >= 11 is 0. The summed E-state index contributed by atoms with van der Waals surface area (Å²) in [5.41, 5.74) is 1.79. The highest BCUT2D eigenvalue weighted by Gasteiger charge is 2.06. The van der Waals surface area contributed by atoms with Gasteiger partial charge in [0.05, 0.1) is 13.2 Å². The first-order chi connectivity index (χ1) is 11.2. The molecule has 4 nitrogen and oxygen atoms in total. The fraction of sp³-hybridized carbons (Fsp3) is 0.316. The second-order valence-electron chi connectivity index (χ2n) is 5.26. The Hall–Kier alpha value is -2.33. The first-order valence-electron chi connectivity index (χ1n) is 7.79.